The summed E-state index contributed by atoms with van der Waals surface area (Å²) >= 11 is 0. The van der Waals surface area contributed by atoms with Crippen molar-refractivity contribution in [3.8, 4) is 0 Å². The maximum Gasteiger partial charge on any atom is 0.245 e. The molecular weight excluding hydrogens is 676 g/mol. The number of ether oxygens (including phenoxy) is 2. The summed E-state index contributed by atoms with van der Waals surface area (Å²) in [6.07, 6.45) is 0.919. The predicted octanol–water partition coefficient (Wildman–Crippen LogP) is 3.38. The molecule has 1 aromatic carbocycles. The van der Waals surface area contributed by atoms with Gasteiger partial charge in [-0.1, -0.05) is 53.2 Å². The number of anilines is 1. The van der Waals surface area contributed by atoms with Crippen LogP contribution in [0.25, 0.3) is 0 Å². The molecule has 5 N–H and O–H groups in total. The number of methoxy groups -OCH3 is 2. The molecule has 0 aromatic heterocycles. The molecule has 9 atom stereocenters. The van der Waals surface area contributed by atoms with Crippen molar-refractivity contribution >= 4 is 29.3 Å². The Morgan fingerprint density at radius 2 is 1.57 bits per heavy atom. The van der Waals surface area contributed by atoms with E-state index in [9.17, 15) is 24.3 Å². The fourth-order valence-electron chi connectivity index (χ4n) is 7.12. The molecule has 1 saturated heterocycles. The number of rotatable bonds is 19. The van der Waals surface area contributed by atoms with Crippen LogP contribution in [0.1, 0.15) is 93.6 Å². The van der Waals surface area contributed by atoms with Crippen LogP contribution in [0.3, 0.4) is 0 Å². The Bertz CT molecular complexity index is 1370. The zero-order valence-electron chi connectivity index (χ0n) is 34.9. The number of nitrogens with one attached hydrogen (secondary N) is 2. The van der Waals surface area contributed by atoms with Crippen LogP contribution >= 0.6 is 0 Å². The lowest BCUT2D eigenvalue weighted by Crippen LogP contribution is -2.61. The van der Waals surface area contributed by atoms with Crippen LogP contribution in [0.4, 0.5) is 5.69 Å². The van der Waals surface area contributed by atoms with Gasteiger partial charge in [0.05, 0.1) is 48.2 Å². The molecule has 0 bridgehead atoms. The van der Waals surface area contributed by atoms with Crippen LogP contribution in [-0.4, -0.2) is 127 Å². The summed E-state index contributed by atoms with van der Waals surface area (Å²) in [6.45, 7) is 17.2. The molecule has 0 saturated carbocycles. The maximum atomic E-state index is 14.2. The number of nitrogens with zero attached hydrogens (tertiary/aromatic N) is 3. The van der Waals surface area contributed by atoms with Gasteiger partial charge in [-0.15, -0.1) is 0 Å². The number of hydrogen-bond donors (Lipinski definition) is 4. The lowest BCUT2D eigenvalue weighted by Gasteiger charge is -2.41. The summed E-state index contributed by atoms with van der Waals surface area (Å²) in [5.74, 6) is -1.80. The molecule has 0 radical (unpaired) electrons. The summed E-state index contributed by atoms with van der Waals surface area (Å²) in [5, 5.41) is 17.3. The number of hydrogen-bond acceptors (Lipinski definition) is 9. The molecule has 13 heteroatoms. The molecule has 2 rings (SSSR count). The number of nitrogen functional groups attached to an aromatic ring is 1. The topological polar surface area (TPSA) is 167 Å². The SMILES string of the molecule is CCC(C)[C@@H](C(CC(=O)N1CCC[C@H]1[C@H](OC)[C@@H](C)C(=O)N[C@H](C)[C@](C)(O)c1ccc(N)cc1)OC)N(C)C(=O)[C@@H](NC(=O)C(C)(C)N(C)C)C(C)C. The molecule has 53 heavy (non-hydrogen) atoms. The first-order valence-corrected chi connectivity index (χ1v) is 19.1. The zero-order valence-corrected chi connectivity index (χ0v) is 34.9. The lowest BCUT2D eigenvalue weighted by molar-refractivity contribution is -0.148. The van der Waals surface area contributed by atoms with Gasteiger partial charge in [0.15, 0.2) is 0 Å². The van der Waals surface area contributed by atoms with Gasteiger partial charge in [-0.05, 0) is 84.2 Å². The summed E-state index contributed by atoms with van der Waals surface area (Å²) in [5.41, 5.74) is 4.83. The van der Waals surface area contributed by atoms with E-state index >= 15 is 0 Å². The van der Waals surface area contributed by atoms with Gasteiger partial charge in [-0.3, -0.25) is 24.1 Å². The van der Waals surface area contributed by atoms with E-state index in [2.05, 4.69) is 10.6 Å². The van der Waals surface area contributed by atoms with Crippen molar-refractivity contribution in [2.24, 2.45) is 17.8 Å². The highest BCUT2D eigenvalue weighted by molar-refractivity contribution is 5.92. The minimum Gasteiger partial charge on any atom is -0.399 e. The minimum absolute atomic E-state index is 0.0183. The molecule has 1 fully saturated rings. The first-order chi connectivity index (χ1) is 24.6. The summed E-state index contributed by atoms with van der Waals surface area (Å²) in [7, 11) is 8.47. The highest BCUT2D eigenvalue weighted by Crippen LogP contribution is 2.31. The van der Waals surface area contributed by atoms with Gasteiger partial charge in [-0.2, -0.15) is 0 Å². The van der Waals surface area contributed by atoms with Gasteiger partial charge in [0, 0.05) is 33.5 Å². The molecule has 1 heterocycles. The van der Waals surface area contributed by atoms with Gasteiger partial charge in [0.2, 0.25) is 23.6 Å². The zero-order chi connectivity index (χ0) is 40.6. The van der Waals surface area contributed by atoms with E-state index < -0.39 is 47.4 Å². The fourth-order valence-corrected chi connectivity index (χ4v) is 7.12. The average Bonchev–Trinajstić information content (AvgIpc) is 3.59. The molecule has 2 unspecified atom stereocenters. The summed E-state index contributed by atoms with van der Waals surface area (Å²) in [6, 6.07) is 4.66. The quantitative estimate of drug-likeness (QED) is 0.155. The number of benzene rings is 1. The monoisotopic (exact) mass is 747 g/mol. The van der Waals surface area contributed by atoms with Crippen LogP contribution in [0.15, 0.2) is 24.3 Å². The summed E-state index contributed by atoms with van der Waals surface area (Å²) < 4.78 is 11.9. The van der Waals surface area contributed by atoms with Gasteiger partial charge in [-0.25, -0.2) is 0 Å². The van der Waals surface area contributed by atoms with Crippen molar-refractivity contribution in [3.63, 3.8) is 0 Å². The number of carbonyl (C=O) groups is 4. The Morgan fingerprint density at radius 1 is 0.981 bits per heavy atom. The van der Waals surface area contributed by atoms with Crippen LogP contribution in [0.2, 0.25) is 0 Å². The second kappa shape index (κ2) is 19.4. The van der Waals surface area contributed by atoms with E-state index in [-0.39, 0.29) is 47.9 Å². The Morgan fingerprint density at radius 3 is 2.06 bits per heavy atom. The van der Waals surface area contributed by atoms with E-state index in [0.717, 1.165) is 12.8 Å². The smallest absolute Gasteiger partial charge is 0.245 e. The predicted molar refractivity (Wildman–Crippen MR) is 209 cm³/mol. The van der Waals surface area contributed by atoms with Crippen molar-refractivity contribution in [1.82, 2.24) is 25.3 Å². The Labute approximate surface area is 318 Å². The van der Waals surface area contributed by atoms with Crippen LogP contribution in [0.5, 0.6) is 0 Å². The highest BCUT2D eigenvalue weighted by atomic mass is 16.5. The molecule has 302 valence electrons. The Hall–Kier alpha value is -3.26. The van der Waals surface area contributed by atoms with E-state index in [4.69, 9.17) is 15.2 Å². The number of likely N-dealkylation sites (tertiary alicyclic amines) is 1. The molecule has 13 nitrogen and oxygen atoms in total. The molecule has 0 aliphatic carbocycles. The van der Waals surface area contributed by atoms with Crippen molar-refractivity contribution in [3.05, 3.63) is 29.8 Å². The average molecular weight is 747 g/mol. The largest absolute Gasteiger partial charge is 0.399 e. The van der Waals surface area contributed by atoms with E-state index in [1.807, 2.05) is 60.5 Å². The number of aliphatic hydroxyl groups is 1. The van der Waals surface area contributed by atoms with Gasteiger partial charge >= 0.3 is 0 Å². The van der Waals surface area contributed by atoms with Crippen molar-refractivity contribution in [2.75, 3.05) is 47.6 Å². The fraction of sp³-hybridized carbons (Fsp3) is 0.750. The number of amides is 4. The third-order valence-corrected chi connectivity index (χ3v) is 11.8. The van der Waals surface area contributed by atoms with Gasteiger partial charge < -0.3 is 40.7 Å². The van der Waals surface area contributed by atoms with Gasteiger partial charge in [0.25, 0.3) is 0 Å². The van der Waals surface area contributed by atoms with Crippen LogP contribution in [-0.2, 0) is 34.3 Å². The normalized spacial score (nSPS) is 20.2. The molecule has 1 aliphatic heterocycles. The van der Waals surface area contributed by atoms with Crippen molar-refractivity contribution in [1.29, 1.82) is 0 Å². The molecule has 1 aromatic rings. The second-order valence-electron chi connectivity index (χ2n) is 16.2. The van der Waals surface area contributed by atoms with Crippen molar-refractivity contribution < 1.29 is 33.8 Å². The van der Waals surface area contributed by atoms with Crippen LogP contribution < -0.4 is 16.4 Å². The van der Waals surface area contributed by atoms with E-state index in [1.54, 1.807) is 76.1 Å². The molecule has 1 aliphatic rings. The number of carbonyl (C=O) groups excluding carboxylic acids is 4. The second-order valence-corrected chi connectivity index (χ2v) is 16.2. The van der Waals surface area contributed by atoms with E-state index in [1.165, 1.54) is 0 Å². The Kier molecular flexibility index (Phi) is 16.8. The lowest BCUT2D eigenvalue weighted by atomic mass is 9.88. The number of likely N-dealkylation sites (N-methyl/N-ethyl adjacent to an activating group) is 2. The molecule has 0 spiro atoms. The third kappa shape index (κ3) is 10.9. The highest BCUT2D eigenvalue weighted by Gasteiger charge is 2.44. The van der Waals surface area contributed by atoms with Crippen LogP contribution in [0, 0.1) is 17.8 Å². The number of nitrogens with two attached hydrogens (primary N) is 1. The first-order valence-electron chi connectivity index (χ1n) is 19.1. The van der Waals surface area contributed by atoms with Crippen molar-refractivity contribution in [2.45, 2.75) is 136 Å². The van der Waals surface area contributed by atoms with Gasteiger partial charge in [0.1, 0.15) is 11.6 Å². The summed E-state index contributed by atoms with van der Waals surface area (Å²) in [4.78, 5) is 60.5. The molecular formula is C40H70N6O7. The third-order valence-electron chi connectivity index (χ3n) is 11.8. The molecule has 4 amide bonds. The maximum absolute atomic E-state index is 14.2. The first kappa shape index (κ1) is 45.9. The standard InChI is InChI=1S/C40H70N6O7/c1-15-25(4)34(45(12)37(49)33(24(2)3)43-38(50)39(7,8)44(10)11)31(52-13)23-32(47)46-22-16-17-30(46)35(53-14)26(5)36(48)42-27(6)40(9,51)28-18-20-29(41)21-19-28/h18-21,24-27,30-31,33-35,51H,15-17,22-23,41H2,1-14H3,(H,42,48)(H,43,50)/t25?,26-,27-,30+,31?,33+,34+,35-,40+/m1/s1. The Balaban J connectivity index is 2.27. The van der Waals surface area contributed by atoms with E-state index in [0.29, 0.717) is 24.2 Å². The minimum atomic E-state index is -1.36.